The van der Waals surface area contributed by atoms with Crippen molar-refractivity contribution in [2.75, 3.05) is 27.4 Å². The first-order valence-electron chi connectivity index (χ1n) is 9.28. The fraction of sp³-hybridized carbons (Fsp3) is 0.273. The maximum atomic E-state index is 12.6. The second-order valence-electron chi connectivity index (χ2n) is 6.66. The molecular formula is C22H23NO7. The first-order chi connectivity index (χ1) is 14.4. The third-order valence-corrected chi connectivity index (χ3v) is 4.45. The quantitative estimate of drug-likeness (QED) is 0.546. The summed E-state index contributed by atoms with van der Waals surface area (Å²) in [6.07, 6.45) is 0. The lowest BCUT2D eigenvalue weighted by Gasteiger charge is -2.12. The van der Waals surface area contributed by atoms with Crippen LogP contribution in [-0.4, -0.2) is 44.5 Å². The molecule has 1 heterocycles. The average Bonchev–Trinajstić information content (AvgIpc) is 2.76. The standard InChI is InChI=1S/C22H23NO7/c1-13(11-24)23-21(25)12-29-16-6-4-15-8-17(22(26)30-19(15)10-16)14-5-7-18(27-2)20(9-14)28-3/h4-10,13,24H,11-12H2,1-3H3,(H,23,25). The molecule has 0 fully saturated rings. The molecule has 2 aromatic carbocycles. The summed E-state index contributed by atoms with van der Waals surface area (Å²) in [4.78, 5) is 24.3. The van der Waals surface area contributed by atoms with Crippen LogP contribution in [0.1, 0.15) is 6.92 Å². The van der Waals surface area contributed by atoms with Crippen molar-refractivity contribution in [2.45, 2.75) is 13.0 Å². The summed E-state index contributed by atoms with van der Waals surface area (Å²) >= 11 is 0. The lowest BCUT2D eigenvalue weighted by molar-refractivity contribution is -0.124. The molecule has 0 saturated heterocycles. The summed E-state index contributed by atoms with van der Waals surface area (Å²) in [7, 11) is 3.06. The molecule has 8 heteroatoms. The van der Waals surface area contributed by atoms with Gasteiger partial charge in [0.25, 0.3) is 5.91 Å². The van der Waals surface area contributed by atoms with Gasteiger partial charge in [-0.2, -0.15) is 0 Å². The maximum Gasteiger partial charge on any atom is 0.344 e. The zero-order valence-corrected chi connectivity index (χ0v) is 16.9. The second-order valence-corrected chi connectivity index (χ2v) is 6.66. The van der Waals surface area contributed by atoms with E-state index >= 15 is 0 Å². The Morgan fingerprint density at radius 3 is 2.57 bits per heavy atom. The number of methoxy groups -OCH3 is 2. The number of benzene rings is 2. The molecule has 0 aliphatic heterocycles. The number of hydrogen-bond donors (Lipinski definition) is 2. The van der Waals surface area contributed by atoms with Crippen molar-refractivity contribution < 1.29 is 28.5 Å². The Morgan fingerprint density at radius 2 is 1.87 bits per heavy atom. The topological polar surface area (TPSA) is 107 Å². The van der Waals surface area contributed by atoms with Crippen LogP contribution in [0.3, 0.4) is 0 Å². The van der Waals surface area contributed by atoms with E-state index in [1.54, 1.807) is 56.5 Å². The van der Waals surface area contributed by atoms with E-state index in [1.807, 2.05) is 0 Å². The Kier molecular flexibility index (Phi) is 6.58. The molecule has 1 atom stereocenters. The van der Waals surface area contributed by atoms with E-state index in [1.165, 1.54) is 7.11 Å². The van der Waals surface area contributed by atoms with Crippen LogP contribution < -0.4 is 25.2 Å². The Bertz CT molecular complexity index is 1110. The highest BCUT2D eigenvalue weighted by Gasteiger charge is 2.13. The minimum atomic E-state index is -0.513. The SMILES string of the molecule is COc1ccc(-c2cc3ccc(OCC(=O)NC(C)CO)cc3oc2=O)cc1OC. The molecule has 3 rings (SSSR count). The highest BCUT2D eigenvalue weighted by Crippen LogP contribution is 2.32. The predicted molar refractivity (Wildman–Crippen MR) is 111 cm³/mol. The van der Waals surface area contributed by atoms with E-state index in [0.717, 1.165) is 0 Å². The summed E-state index contributed by atoms with van der Waals surface area (Å²) in [5.74, 6) is 1.09. The van der Waals surface area contributed by atoms with Gasteiger partial charge in [0.15, 0.2) is 18.1 Å². The molecule has 1 aromatic heterocycles. The molecule has 2 N–H and O–H groups in total. The molecule has 0 aliphatic rings. The van der Waals surface area contributed by atoms with Gasteiger partial charge in [-0.3, -0.25) is 4.79 Å². The first-order valence-corrected chi connectivity index (χ1v) is 9.28. The summed E-state index contributed by atoms with van der Waals surface area (Å²) in [5, 5.41) is 12.2. The van der Waals surface area contributed by atoms with E-state index in [-0.39, 0.29) is 25.2 Å². The van der Waals surface area contributed by atoms with E-state index < -0.39 is 5.63 Å². The fourth-order valence-electron chi connectivity index (χ4n) is 2.90. The van der Waals surface area contributed by atoms with Gasteiger partial charge >= 0.3 is 5.63 Å². The summed E-state index contributed by atoms with van der Waals surface area (Å²) in [5.41, 5.74) is 0.847. The molecule has 0 saturated carbocycles. The van der Waals surface area contributed by atoms with Crippen molar-refractivity contribution in [3.63, 3.8) is 0 Å². The van der Waals surface area contributed by atoms with Gasteiger partial charge in [0.1, 0.15) is 11.3 Å². The lowest BCUT2D eigenvalue weighted by Crippen LogP contribution is -2.38. The minimum absolute atomic E-state index is 0.157. The molecule has 3 aromatic rings. The number of aliphatic hydroxyl groups is 1. The van der Waals surface area contributed by atoms with Crippen LogP contribution in [0.4, 0.5) is 0 Å². The Balaban J connectivity index is 1.84. The van der Waals surface area contributed by atoms with Gasteiger partial charge in [-0.25, -0.2) is 4.79 Å². The largest absolute Gasteiger partial charge is 0.493 e. The normalized spacial score (nSPS) is 11.7. The third-order valence-electron chi connectivity index (χ3n) is 4.45. The predicted octanol–water partition coefficient (Wildman–Crippen LogP) is 2.35. The van der Waals surface area contributed by atoms with E-state index in [9.17, 15) is 9.59 Å². The molecule has 30 heavy (non-hydrogen) atoms. The number of carbonyl (C=O) groups excluding carboxylic acids is 1. The van der Waals surface area contributed by atoms with Gasteiger partial charge in [-0.05, 0) is 42.8 Å². The highest BCUT2D eigenvalue weighted by molar-refractivity contribution is 5.83. The average molecular weight is 413 g/mol. The lowest BCUT2D eigenvalue weighted by atomic mass is 10.1. The third kappa shape index (κ3) is 4.72. The molecule has 0 bridgehead atoms. The molecule has 158 valence electrons. The van der Waals surface area contributed by atoms with Crippen LogP contribution >= 0.6 is 0 Å². The Morgan fingerprint density at radius 1 is 1.10 bits per heavy atom. The van der Waals surface area contributed by atoms with Crippen molar-refractivity contribution in [3.05, 3.63) is 52.9 Å². The fourth-order valence-corrected chi connectivity index (χ4v) is 2.90. The van der Waals surface area contributed by atoms with E-state index in [0.29, 0.717) is 39.3 Å². The zero-order valence-electron chi connectivity index (χ0n) is 16.9. The van der Waals surface area contributed by atoms with Crippen LogP contribution in [-0.2, 0) is 4.79 Å². The number of carbonyl (C=O) groups is 1. The van der Waals surface area contributed by atoms with Crippen molar-refractivity contribution in [3.8, 4) is 28.4 Å². The van der Waals surface area contributed by atoms with Gasteiger partial charge in [0, 0.05) is 17.5 Å². The number of fused-ring (bicyclic) bond motifs is 1. The molecule has 0 radical (unpaired) electrons. The number of nitrogens with one attached hydrogen (secondary N) is 1. The molecule has 1 amide bonds. The van der Waals surface area contributed by atoms with Gasteiger partial charge in [-0.1, -0.05) is 6.07 Å². The van der Waals surface area contributed by atoms with Crippen LogP contribution in [0, 0.1) is 0 Å². The molecule has 0 aliphatic carbocycles. The Labute approximate surface area is 173 Å². The van der Waals surface area contributed by atoms with Crippen LogP contribution in [0.5, 0.6) is 17.2 Å². The minimum Gasteiger partial charge on any atom is -0.493 e. The van der Waals surface area contributed by atoms with Crippen molar-refractivity contribution in [2.24, 2.45) is 0 Å². The molecule has 1 unspecified atom stereocenters. The Hall–Kier alpha value is -3.52. The van der Waals surface area contributed by atoms with E-state index in [4.69, 9.17) is 23.7 Å². The smallest absolute Gasteiger partial charge is 0.344 e. The number of amides is 1. The van der Waals surface area contributed by atoms with Crippen LogP contribution in [0.25, 0.3) is 22.1 Å². The van der Waals surface area contributed by atoms with Gasteiger partial charge in [-0.15, -0.1) is 0 Å². The monoisotopic (exact) mass is 413 g/mol. The van der Waals surface area contributed by atoms with Gasteiger partial charge in [0.05, 0.1) is 26.4 Å². The summed E-state index contributed by atoms with van der Waals surface area (Å²) in [6, 6.07) is 11.5. The van der Waals surface area contributed by atoms with E-state index in [2.05, 4.69) is 5.32 Å². The summed E-state index contributed by atoms with van der Waals surface area (Å²) < 4.78 is 21.4. The first kappa shape index (κ1) is 21.2. The van der Waals surface area contributed by atoms with Crippen LogP contribution in [0.2, 0.25) is 0 Å². The number of hydrogen-bond acceptors (Lipinski definition) is 7. The van der Waals surface area contributed by atoms with Crippen molar-refractivity contribution in [1.82, 2.24) is 5.32 Å². The van der Waals surface area contributed by atoms with Gasteiger partial charge in [0.2, 0.25) is 0 Å². The highest BCUT2D eigenvalue weighted by atomic mass is 16.5. The van der Waals surface area contributed by atoms with Crippen molar-refractivity contribution in [1.29, 1.82) is 0 Å². The second kappa shape index (κ2) is 9.32. The molecule has 8 nitrogen and oxygen atoms in total. The van der Waals surface area contributed by atoms with Gasteiger partial charge < -0.3 is 29.1 Å². The number of aliphatic hydroxyl groups excluding tert-OH is 1. The summed E-state index contributed by atoms with van der Waals surface area (Å²) in [6.45, 7) is 1.30. The number of rotatable bonds is 8. The van der Waals surface area contributed by atoms with Crippen molar-refractivity contribution >= 4 is 16.9 Å². The molecule has 0 spiro atoms. The molecular weight excluding hydrogens is 390 g/mol. The maximum absolute atomic E-state index is 12.6. The zero-order chi connectivity index (χ0) is 21.7. The number of ether oxygens (including phenoxy) is 3. The van der Waals surface area contributed by atoms with Crippen LogP contribution in [0.15, 0.2) is 51.7 Å².